The van der Waals surface area contributed by atoms with Crippen LogP contribution in [0.4, 0.5) is 13.2 Å². The molecule has 156 valence electrons. The molecule has 0 fully saturated rings. The van der Waals surface area contributed by atoms with Crippen LogP contribution in [-0.4, -0.2) is 21.1 Å². The summed E-state index contributed by atoms with van der Waals surface area (Å²) in [5.41, 5.74) is 4.13. The van der Waals surface area contributed by atoms with E-state index in [0.29, 0.717) is 22.9 Å². The van der Waals surface area contributed by atoms with Crippen LogP contribution < -0.4 is 10.7 Å². The lowest BCUT2D eigenvalue weighted by Gasteiger charge is -2.09. The fourth-order valence-corrected chi connectivity index (χ4v) is 3.06. The van der Waals surface area contributed by atoms with Crippen molar-refractivity contribution in [1.29, 1.82) is 0 Å². The molecule has 1 heterocycles. The highest BCUT2D eigenvalue weighted by Gasteiger charge is 2.30. The summed E-state index contributed by atoms with van der Waals surface area (Å²) in [6.07, 6.45) is -3.04. The fourth-order valence-electron chi connectivity index (χ4n) is 2.62. The monoisotopic (exact) mass is 451 g/mol. The lowest BCUT2D eigenvalue weighted by atomic mass is 10.2. The maximum absolute atomic E-state index is 13.0. The molecule has 2 aromatic carbocycles. The number of benzene rings is 2. The van der Waals surface area contributed by atoms with E-state index in [1.165, 1.54) is 23.0 Å². The summed E-state index contributed by atoms with van der Waals surface area (Å²) in [6, 6.07) is 14.5. The zero-order valence-corrected chi connectivity index (χ0v) is 17.3. The summed E-state index contributed by atoms with van der Waals surface area (Å²) in [5, 5.41) is 11.7. The zero-order chi connectivity index (χ0) is 21.7. The van der Waals surface area contributed by atoms with E-state index in [1.54, 1.807) is 6.92 Å². The Balaban J connectivity index is 1.69. The number of nitrogens with zero attached hydrogens (tertiary/aromatic N) is 3. The van der Waals surface area contributed by atoms with Crippen molar-refractivity contribution >= 4 is 35.1 Å². The van der Waals surface area contributed by atoms with Gasteiger partial charge in [0.25, 0.3) is 0 Å². The molecule has 0 spiro atoms. The third-order valence-electron chi connectivity index (χ3n) is 4.12. The molecule has 0 bridgehead atoms. The number of hydrogen-bond acceptors (Lipinski definition) is 3. The highest BCUT2D eigenvalue weighted by molar-refractivity contribution is 7.80. The number of halogens is 4. The Hall–Kier alpha value is -2.91. The van der Waals surface area contributed by atoms with Gasteiger partial charge in [0.2, 0.25) is 0 Å². The largest absolute Gasteiger partial charge is 0.416 e. The number of thiocarbonyl (C=S) groups is 1. The van der Waals surface area contributed by atoms with Gasteiger partial charge in [-0.2, -0.15) is 23.4 Å². The summed E-state index contributed by atoms with van der Waals surface area (Å²) in [5.74, 6) is 0. The fraction of sp³-hybridized carbons (Fsp3) is 0.150. The van der Waals surface area contributed by atoms with Gasteiger partial charge in [0.05, 0.1) is 28.7 Å². The average molecular weight is 452 g/mol. The van der Waals surface area contributed by atoms with Gasteiger partial charge in [-0.15, -0.1) is 0 Å². The maximum Gasteiger partial charge on any atom is 0.416 e. The number of hydrazone groups is 1. The van der Waals surface area contributed by atoms with Crippen molar-refractivity contribution in [2.75, 3.05) is 0 Å². The van der Waals surface area contributed by atoms with E-state index in [1.807, 2.05) is 30.3 Å². The molecule has 0 unspecified atom stereocenters. The van der Waals surface area contributed by atoms with Crippen molar-refractivity contribution in [1.82, 2.24) is 20.5 Å². The quantitative estimate of drug-likeness (QED) is 0.331. The summed E-state index contributed by atoms with van der Waals surface area (Å²) < 4.78 is 40.2. The van der Waals surface area contributed by atoms with Gasteiger partial charge in [-0.05, 0) is 42.9 Å². The van der Waals surface area contributed by atoms with Crippen LogP contribution in [0.2, 0.25) is 5.15 Å². The SMILES string of the molecule is Cc1nn(-c2cccc(C(F)(F)F)c2)c(Cl)c1C=NNC(=S)NCc1ccccc1. The van der Waals surface area contributed by atoms with Gasteiger partial charge in [0.1, 0.15) is 5.15 Å². The lowest BCUT2D eigenvalue weighted by molar-refractivity contribution is -0.137. The molecule has 3 aromatic rings. The van der Waals surface area contributed by atoms with Crippen molar-refractivity contribution in [3.63, 3.8) is 0 Å². The Labute approximate surface area is 181 Å². The molecule has 0 aliphatic rings. The predicted octanol–water partition coefficient (Wildman–Crippen LogP) is 4.85. The molecule has 0 saturated heterocycles. The van der Waals surface area contributed by atoms with Crippen molar-refractivity contribution in [3.8, 4) is 5.69 Å². The molecular weight excluding hydrogens is 435 g/mol. The Kier molecular flexibility index (Phi) is 6.73. The molecule has 0 aliphatic carbocycles. The Morgan fingerprint density at radius 3 is 2.63 bits per heavy atom. The molecule has 5 nitrogen and oxygen atoms in total. The molecule has 0 radical (unpaired) electrons. The first-order chi connectivity index (χ1) is 14.3. The van der Waals surface area contributed by atoms with Crippen molar-refractivity contribution in [2.45, 2.75) is 19.6 Å². The normalized spacial score (nSPS) is 11.6. The van der Waals surface area contributed by atoms with E-state index >= 15 is 0 Å². The van der Waals surface area contributed by atoms with E-state index in [4.69, 9.17) is 23.8 Å². The molecule has 0 saturated carbocycles. The van der Waals surface area contributed by atoms with Gasteiger partial charge in [-0.3, -0.25) is 5.43 Å². The minimum atomic E-state index is -4.46. The van der Waals surface area contributed by atoms with Gasteiger partial charge in [0.15, 0.2) is 5.11 Å². The van der Waals surface area contributed by atoms with Crippen molar-refractivity contribution in [2.24, 2.45) is 5.10 Å². The smallest absolute Gasteiger partial charge is 0.357 e. The number of aromatic nitrogens is 2. The third-order valence-corrected chi connectivity index (χ3v) is 4.72. The first-order valence-electron chi connectivity index (χ1n) is 8.79. The molecule has 0 amide bonds. The number of aryl methyl sites for hydroxylation is 1. The van der Waals surface area contributed by atoms with E-state index in [0.717, 1.165) is 17.7 Å². The molecule has 1 aromatic heterocycles. The summed E-state index contributed by atoms with van der Waals surface area (Å²) in [7, 11) is 0. The molecular formula is C20H17ClF3N5S. The molecule has 3 rings (SSSR count). The molecule has 10 heteroatoms. The van der Waals surface area contributed by atoms with E-state index in [9.17, 15) is 13.2 Å². The van der Waals surface area contributed by atoms with Gasteiger partial charge in [-0.1, -0.05) is 48.0 Å². The van der Waals surface area contributed by atoms with Crippen LogP contribution in [0.25, 0.3) is 5.69 Å². The van der Waals surface area contributed by atoms with Crippen LogP contribution in [0.15, 0.2) is 59.7 Å². The van der Waals surface area contributed by atoms with Gasteiger partial charge < -0.3 is 5.32 Å². The molecule has 30 heavy (non-hydrogen) atoms. The molecule has 2 N–H and O–H groups in total. The second-order valence-corrected chi connectivity index (χ2v) is 7.05. The van der Waals surface area contributed by atoms with Crippen LogP contribution >= 0.6 is 23.8 Å². The molecule has 0 aliphatic heterocycles. The maximum atomic E-state index is 13.0. The first kappa shape index (κ1) is 21.8. The van der Waals surface area contributed by atoms with Crippen LogP contribution in [0, 0.1) is 6.92 Å². The predicted molar refractivity (Wildman–Crippen MR) is 115 cm³/mol. The third kappa shape index (κ3) is 5.37. The second kappa shape index (κ2) is 9.27. The highest BCUT2D eigenvalue weighted by atomic mass is 35.5. The number of nitrogens with one attached hydrogen (secondary N) is 2. The Morgan fingerprint density at radius 2 is 1.93 bits per heavy atom. The second-order valence-electron chi connectivity index (χ2n) is 6.29. The van der Waals surface area contributed by atoms with E-state index in [-0.39, 0.29) is 10.8 Å². The topological polar surface area (TPSA) is 54.2 Å². The lowest BCUT2D eigenvalue weighted by Crippen LogP contribution is -2.31. The van der Waals surface area contributed by atoms with Crippen LogP contribution in [0.5, 0.6) is 0 Å². The van der Waals surface area contributed by atoms with Crippen molar-refractivity contribution in [3.05, 3.63) is 82.1 Å². The Morgan fingerprint density at radius 1 is 1.20 bits per heavy atom. The number of alkyl halides is 3. The number of rotatable bonds is 5. The van der Waals surface area contributed by atoms with Crippen LogP contribution in [0.1, 0.15) is 22.4 Å². The molecule has 0 atom stereocenters. The van der Waals surface area contributed by atoms with Gasteiger partial charge in [-0.25, -0.2) is 4.68 Å². The highest BCUT2D eigenvalue weighted by Crippen LogP contribution is 2.31. The first-order valence-corrected chi connectivity index (χ1v) is 9.58. The van der Waals surface area contributed by atoms with E-state index in [2.05, 4.69) is 20.9 Å². The zero-order valence-electron chi connectivity index (χ0n) is 15.7. The minimum Gasteiger partial charge on any atom is -0.357 e. The average Bonchev–Trinajstić information content (AvgIpc) is 3.01. The van der Waals surface area contributed by atoms with Crippen LogP contribution in [0.3, 0.4) is 0 Å². The van der Waals surface area contributed by atoms with Crippen LogP contribution in [-0.2, 0) is 12.7 Å². The number of hydrogen-bond donors (Lipinski definition) is 2. The van der Waals surface area contributed by atoms with Gasteiger partial charge >= 0.3 is 6.18 Å². The summed E-state index contributed by atoms with van der Waals surface area (Å²) in [6.45, 7) is 2.22. The standard InChI is InChI=1S/C20H17ClF3N5S/c1-13-17(12-26-27-19(30)25-11-14-6-3-2-4-7-14)18(21)29(28-13)16-9-5-8-15(10-16)20(22,23)24/h2-10,12H,11H2,1H3,(H2,25,27,30). The minimum absolute atomic E-state index is 0.139. The summed E-state index contributed by atoms with van der Waals surface area (Å²) in [4.78, 5) is 0. The Bertz CT molecular complexity index is 1060. The van der Waals surface area contributed by atoms with E-state index < -0.39 is 11.7 Å². The van der Waals surface area contributed by atoms with Gasteiger partial charge in [0, 0.05) is 6.54 Å². The summed E-state index contributed by atoms with van der Waals surface area (Å²) >= 11 is 11.5. The van der Waals surface area contributed by atoms with Crippen molar-refractivity contribution < 1.29 is 13.2 Å².